The lowest BCUT2D eigenvalue weighted by Gasteiger charge is -2.55. The number of carbonyl (C=O) groups is 3. The molecule has 1 N–H and O–H groups in total. The number of anilines is 1. The van der Waals surface area contributed by atoms with E-state index in [2.05, 4.69) is 5.32 Å². The topological polar surface area (TPSA) is 75.7 Å². The van der Waals surface area contributed by atoms with Crippen LogP contribution in [0.25, 0.3) is 0 Å². The van der Waals surface area contributed by atoms with Gasteiger partial charge in [0.05, 0.1) is 22.7 Å². The summed E-state index contributed by atoms with van der Waals surface area (Å²) in [6, 6.07) is 6.90. The molecule has 0 aromatic heterocycles. The van der Waals surface area contributed by atoms with E-state index in [0.29, 0.717) is 28.5 Å². The minimum absolute atomic E-state index is 0.140. The normalized spacial score (nSPS) is 29.4. The summed E-state index contributed by atoms with van der Waals surface area (Å²) in [5.74, 6) is 0.944. The summed E-state index contributed by atoms with van der Waals surface area (Å²) >= 11 is 6.03. The van der Waals surface area contributed by atoms with E-state index < -0.39 is 5.91 Å². The van der Waals surface area contributed by atoms with Crippen molar-refractivity contribution in [2.24, 2.45) is 23.2 Å². The number of carbonyl (C=O) groups excluding carboxylic acids is 3. The molecular formula is C22H27ClN2O4. The Labute approximate surface area is 175 Å². The molecule has 2 amide bonds. The molecule has 7 heteroatoms. The van der Waals surface area contributed by atoms with Crippen molar-refractivity contribution in [3.8, 4) is 0 Å². The maximum absolute atomic E-state index is 12.8. The number of halogens is 1. The van der Waals surface area contributed by atoms with E-state index in [4.69, 9.17) is 16.3 Å². The molecular weight excluding hydrogens is 392 g/mol. The van der Waals surface area contributed by atoms with Crippen LogP contribution in [0.1, 0.15) is 38.5 Å². The highest BCUT2D eigenvalue weighted by Gasteiger charge is 2.55. The lowest BCUT2D eigenvalue weighted by molar-refractivity contribution is -0.174. The van der Waals surface area contributed by atoms with Crippen LogP contribution in [-0.4, -0.2) is 42.9 Å². The third kappa shape index (κ3) is 4.27. The number of amides is 2. The summed E-state index contributed by atoms with van der Waals surface area (Å²) in [6.07, 6.45) is 6.45. The van der Waals surface area contributed by atoms with Crippen molar-refractivity contribution in [3.63, 3.8) is 0 Å². The minimum atomic E-state index is -0.391. The highest BCUT2D eigenvalue weighted by molar-refractivity contribution is 6.33. The third-order valence-electron chi connectivity index (χ3n) is 6.75. The Bertz CT molecular complexity index is 790. The van der Waals surface area contributed by atoms with Crippen LogP contribution in [0.5, 0.6) is 0 Å². The van der Waals surface area contributed by atoms with Crippen molar-refractivity contribution < 1.29 is 19.1 Å². The van der Waals surface area contributed by atoms with Crippen LogP contribution in [0.2, 0.25) is 5.02 Å². The summed E-state index contributed by atoms with van der Waals surface area (Å²) in [5.41, 5.74) is 0.114. The summed E-state index contributed by atoms with van der Waals surface area (Å²) in [7, 11) is 1.52. The molecule has 0 atom stereocenters. The van der Waals surface area contributed by atoms with Crippen LogP contribution in [-0.2, 0) is 19.1 Å². The number of ether oxygens (including phenoxy) is 1. The molecule has 0 unspecified atom stereocenters. The van der Waals surface area contributed by atoms with Gasteiger partial charge in [-0.25, -0.2) is 0 Å². The van der Waals surface area contributed by atoms with Crippen molar-refractivity contribution in [2.75, 3.05) is 25.5 Å². The van der Waals surface area contributed by atoms with Crippen LogP contribution in [0.15, 0.2) is 24.3 Å². The second-order valence-corrected chi connectivity index (χ2v) is 9.46. The Balaban J connectivity index is 1.26. The first-order valence-corrected chi connectivity index (χ1v) is 10.7. The monoisotopic (exact) mass is 418 g/mol. The fourth-order valence-electron chi connectivity index (χ4n) is 5.81. The zero-order valence-electron chi connectivity index (χ0n) is 16.7. The fourth-order valence-corrected chi connectivity index (χ4v) is 5.99. The third-order valence-corrected chi connectivity index (χ3v) is 7.08. The van der Waals surface area contributed by atoms with Gasteiger partial charge in [0.25, 0.3) is 5.91 Å². The average molecular weight is 419 g/mol. The second kappa shape index (κ2) is 7.98. The number of esters is 1. The summed E-state index contributed by atoms with van der Waals surface area (Å²) in [4.78, 5) is 38.6. The molecule has 1 aromatic carbocycles. The maximum Gasteiger partial charge on any atom is 0.312 e. The van der Waals surface area contributed by atoms with Gasteiger partial charge >= 0.3 is 5.97 Å². The summed E-state index contributed by atoms with van der Waals surface area (Å²) in [5, 5.41) is 3.11. The Morgan fingerprint density at radius 2 is 1.69 bits per heavy atom. The molecule has 6 nitrogen and oxygen atoms in total. The first-order valence-electron chi connectivity index (χ1n) is 10.3. The molecule has 29 heavy (non-hydrogen) atoms. The van der Waals surface area contributed by atoms with Crippen LogP contribution in [0.4, 0.5) is 5.69 Å². The number of likely N-dealkylation sites (N-methyl/N-ethyl adjacent to an activating group) is 1. The Hall–Kier alpha value is -2.08. The van der Waals surface area contributed by atoms with E-state index in [-0.39, 0.29) is 30.4 Å². The Morgan fingerprint density at radius 3 is 2.28 bits per heavy atom. The van der Waals surface area contributed by atoms with E-state index in [0.717, 1.165) is 19.3 Å². The van der Waals surface area contributed by atoms with Crippen molar-refractivity contribution >= 4 is 35.1 Å². The van der Waals surface area contributed by atoms with Crippen molar-refractivity contribution in [1.82, 2.24) is 4.90 Å². The van der Waals surface area contributed by atoms with Gasteiger partial charge < -0.3 is 15.0 Å². The zero-order chi connectivity index (χ0) is 20.6. The van der Waals surface area contributed by atoms with Gasteiger partial charge in [-0.05, 0) is 68.4 Å². The standard InChI is InChI=1S/C22H27ClN2O4/c1-25(12-19(26)24-18-5-3-2-4-17(18)23)20(27)13-29-21(28)22-9-14-6-15(10-22)8-16(7-14)11-22/h2-5,14-16H,6-13H2,1H3,(H,24,26). The van der Waals surface area contributed by atoms with Crippen LogP contribution < -0.4 is 5.32 Å². The van der Waals surface area contributed by atoms with Gasteiger partial charge in [0, 0.05) is 7.05 Å². The van der Waals surface area contributed by atoms with Gasteiger partial charge in [0.1, 0.15) is 0 Å². The molecule has 0 spiro atoms. The van der Waals surface area contributed by atoms with Crippen LogP contribution >= 0.6 is 11.6 Å². The number of hydrogen-bond acceptors (Lipinski definition) is 4. The zero-order valence-corrected chi connectivity index (χ0v) is 17.4. The number of rotatable bonds is 6. The molecule has 0 radical (unpaired) electrons. The van der Waals surface area contributed by atoms with Gasteiger partial charge in [0.15, 0.2) is 6.61 Å². The van der Waals surface area contributed by atoms with Crippen molar-refractivity contribution in [1.29, 1.82) is 0 Å². The van der Waals surface area contributed by atoms with E-state index >= 15 is 0 Å². The lowest BCUT2D eigenvalue weighted by Crippen LogP contribution is -2.51. The lowest BCUT2D eigenvalue weighted by atomic mass is 9.49. The SMILES string of the molecule is CN(CC(=O)Nc1ccccc1Cl)C(=O)COC(=O)C12CC3CC(CC(C3)C1)C2. The Morgan fingerprint density at radius 1 is 1.10 bits per heavy atom. The molecule has 1 aromatic rings. The smallest absolute Gasteiger partial charge is 0.312 e. The Kier molecular flexibility index (Phi) is 5.56. The highest BCUT2D eigenvalue weighted by atomic mass is 35.5. The number of para-hydroxylation sites is 1. The van der Waals surface area contributed by atoms with Gasteiger partial charge in [-0.15, -0.1) is 0 Å². The van der Waals surface area contributed by atoms with E-state index in [1.165, 1.54) is 31.2 Å². The number of nitrogens with zero attached hydrogens (tertiary/aromatic N) is 1. The highest BCUT2D eigenvalue weighted by Crippen LogP contribution is 2.60. The first-order chi connectivity index (χ1) is 13.8. The average Bonchev–Trinajstić information content (AvgIpc) is 2.66. The quantitative estimate of drug-likeness (QED) is 0.717. The summed E-state index contributed by atoms with van der Waals surface area (Å²) < 4.78 is 5.45. The molecule has 5 rings (SSSR count). The van der Waals surface area contributed by atoms with Crippen LogP contribution in [0, 0.1) is 23.2 Å². The first kappa shape index (κ1) is 20.2. The van der Waals surface area contributed by atoms with E-state index in [1.807, 2.05) is 0 Å². The van der Waals surface area contributed by atoms with Crippen molar-refractivity contribution in [2.45, 2.75) is 38.5 Å². The largest absolute Gasteiger partial charge is 0.455 e. The van der Waals surface area contributed by atoms with Gasteiger partial charge in [-0.2, -0.15) is 0 Å². The van der Waals surface area contributed by atoms with Crippen molar-refractivity contribution in [3.05, 3.63) is 29.3 Å². The van der Waals surface area contributed by atoms with Gasteiger partial charge in [-0.1, -0.05) is 23.7 Å². The minimum Gasteiger partial charge on any atom is -0.455 e. The predicted molar refractivity (Wildman–Crippen MR) is 109 cm³/mol. The second-order valence-electron chi connectivity index (χ2n) is 9.05. The van der Waals surface area contributed by atoms with Gasteiger partial charge in [0.2, 0.25) is 5.91 Å². The maximum atomic E-state index is 12.8. The molecule has 4 aliphatic rings. The number of hydrogen-bond donors (Lipinski definition) is 1. The number of benzene rings is 1. The van der Waals surface area contributed by atoms with Crippen LogP contribution in [0.3, 0.4) is 0 Å². The summed E-state index contributed by atoms with van der Waals surface area (Å²) in [6.45, 7) is -0.463. The molecule has 4 saturated carbocycles. The molecule has 4 bridgehead atoms. The molecule has 0 aliphatic heterocycles. The predicted octanol–water partition coefficient (Wildman–Crippen LogP) is 3.50. The number of nitrogens with one attached hydrogen (secondary N) is 1. The van der Waals surface area contributed by atoms with E-state index in [1.54, 1.807) is 24.3 Å². The fraction of sp³-hybridized carbons (Fsp3) is 0.591. The van der Waals surface area contributed by atoms with Gasteiger partial charge in [-0.3, -0.25) is 14.4 Å². The van der Waals surface area contributed by atoms with E-state index in [9.17, 15) is 14.4 Å². The molecule has 156 valence electrons. The molecule has 0 saturated heterocycles. The molecule has 4 fully saturated rings. The molecule has 4 aliphatic carbocycles. The molecule has 0 heterocycles.